The summed E-state index contributed by atoms with van der Waals surface area (Å²) in [6.07, 6.45) is 0. The average molecular weight is 192 g/mol. The van der Waals surface area contributed by atoms with Gasteiger partial charge in [0.05, 0.1) is 13.3 Å². The maximum atomic E-state index is 5.39. The summed E-state index contributed by atoms with van der Waals surface area (Å²) in [5.74, 6) is 0.948. The van der Waals surface area contributed by atoms with Gasteiger partial charge in [0, 0.05) is 18.8 Å². The summed E-state index contributed by atoms with van der Waals surface area (Å²) in [5, 5.41) is 3.31. The number of nitrogens with zero attached hydrogens (tertiary/aromatic N) is 1. The molecular formula is C11H16N2O. The van der Waals surface area contributed by atoms with Crippen molar-refractivity contribution in [1.82, 2.24) is 5.32 Å². The van der Waals surface area contributed by atoms with Gasteiger partial charge in [-0.2, -0.15) is 0 Å². The molecule has 76 valence electrons. The fourth-order valence-electron chi connectivity index (χ4n) is 1.65. The Balaban J connectivity index is 2.05. The van der Waals surface area contributed by atoms with Crippen LogP contribution in [0.5, 0.6) is 5.75 Å². The van der Waals surface area contributed by atoms with Gasteiger partial charge in [-0.25, -0.2) is 0 Å². The highest BCUT2D eigenvalue weighted by molar-refractivity contribution is 5.49. The number of rotatable bonds is 3. The molecule has 0 amide bonds. The number of hydrogen-bond donors (Lipinski definition) is 1. The minimum Gasteiger partial charge on any atom is -0.494 e. The third kappa shape index (κ3) is 1.99. The second-order valence-electron chi connectivity index (χ2n) is 3.35. The molecule has 1 aromatic carbocycles. The summed E-state index contributed by atoms with van der Waals surface area (Å²) in [5.41, 5.74) is 1.26. The van der Waals surface area contributed by atoms with Crippen molar-refractivity contribution in [2.24, 2.45) is 0 Å². The van der Waals surface area contributed by atoms with Crippen molar-refractivity contribution < 1.29 is 4.74 Å². The fraction of sp³-hybridized carbons (Fsp3) is 0.455. The molecule has 1 saturated heterocycles. The Hall–Kier alpha value is -1.22. The lowest BCUT2D eigenvalue weighted by Crippen LogP contribution is -2.20. The van der Waals surface area contributed by atoms with Crippen molar-refractivity contribution in [3.8, 4) is 5.75 Å². The van der Waals surface area contributed by atoms with E-state index in [0.717, 1.165) is 32.1 Å². The van der Waals surface area contributed by atoms with Crippen LogP contribution in [0.25, 0.3) is 0 Å². The summed E-state index contributed by atoms with van der Waals surface area (Å²) in [7, 11) is 0. The first-order valence-corrected chi connectivity index (χ1v) is 5.08. The molecule has 1 N–H and O–H groups in total. The first-order chi connectivity index (χ1) is 6.90. The Morgan fingerprint density at radius 1 is 1.36 bits per heavy atom. The topological polar surface area (TPSA) is 24.5 Å². The maximum Gasteiger partial charge on any atom is 0.119 e. The molecule has 0 spiro atoms. The van der Waals surface area contributed by atoms with Crippen molar-refractivity contribution in [2.75, 3.05) is 31.3 Å². The Kier molecular flexibility index (Phi) is 2.89. The molecule has 14 heavy (non-hydrogen) atoms. The van der Waals surface area contributed by atoms with Crippen LogP contribution in [0.4, 0.5) is 5.69 Å². The lowest BCUT2D eigenvalue weighted by atomic mass is 10.3. The van der Waals surface area contributed by atoms with Gasteiger partial charge in [-0.05, 0) is 31.2 Å². The van der Waals surface area contributed by atoms with Crippen LogP contribution in [0.2, 0.25) is 0 Å². The van der Waals surface area contributed by atoms with E-state index >= 15 is 0 Å². The number of benzene rings is 1. The van der Waals surface area contributed by atoms with Gasteiger partial charge in [-0.1, -0.05) is 0 Å². The predicted molar refractivity (Wildman–Crippen MR) is 57.8 cm³/mol. The van der Waals surface area contributed by atoms with E-state index < -0.39 is 0 Å². The summed E-state index contributed by atoms with van der Waals surface area (Å²) in [6, 6.07) is 8.27. The molecule has 1 aliphatic heterocycles. The van der Waals surface area contributed by atoms with Gasteiger partial charge in [0.1, 0.15) is 5.75 Å². The molecule has 0 bridgehead atoms. The Morgan fingerprint density at radius 3 is 2.71 bits per heavy atom. The third-order valence-corrected chi connectivity index (χ3v) is 2.37. The Bertz CT molecular complexity index is 278. The number of anilines is 1. The second-order valence-corrected chi connectivity index (χ2v) is 3.35. The molecule has 0 saturated carbocycles. The minimum absolute atomic E-state index is 0.727. The molecule has 3 heteroatoms. The van der Waals surface area contributed by atoms with E-state index in [9.17, 15) is 0 Å². The zero-order valence-corrected chi connectivity index (χ0v) is 8.49. The smallest absolute Gasteiger partial charge is 0.119 e. The van der Waals surface area contributed by atoms with Crippen molar-refractivity contribution >= 4 is 5.69 Å². The van der Waals surface area contributed by atoms with Crippen molar-refractivity contribution in [1.29, 1.82) is 0 Å². The highest BCUT2D eigenvalue weighted by atomic mass is 16.5. The highest BCUT2D eigenvalue weighted by Gasteiger charge is 2.10. The van der Waals surface area contributed by atoms with E-state index in [4.69, 9.17) is 4.74 Å². The van der Waals surface area contributed by atoms with E-state index in [2.05, 4.69) is 22.3 Å². The van der Waals surface area contributed by atoms with Gasteiger partial charge in [-0.15, -0.1) is 0 Å². The van der Waals surface area contributed by atoms with Crippen molar-refractivity contribution in [2.45, 2.75) is 6.92 Å². The molecule has 0 atom stereocenters. The molecule has 0 unspecified atom stereocenters. The van der Waals surface area contributed by atoms with Crippen LogP contribution in [0.15, 0.2) is 24.3 Å². The monoisotopic (exact) mass is 192 g/mol. The van der Waals surface area contributed by atoms with Crippen LogP contribution in [0, 0.1) is 0 Å². The van der Waals surface area contributed by atoms with Gasteiger partial charge >= 0.3 is 0 Å². The zero-order chi connectivity index (χ0) is 9.80. The normalized spacial score (nSPS) is 15.9. The Labute approximate surface area is 84.7 Å². The van der Waals surface area contributed by atoms with Gasteiger partial charge in [0.15, 0.2) is 0 Å². The zero-order valence-electron chi connectivity index (χ0n) is 8.49. The summed E-state index contributed by atoms with van der Waals surface area (Å²) < 4.78 is 5.39. The SMILES string of the molecule is CCOc1ccc(N2CCNC2)cc1. The highest BCUT2D eigenvalue weighted by Crippen LogP contribution is 2.19. The second kappa shape index (κ2) is 4.33. The van der Waals surface area contributed by atoms with Crippen LogP contribution in [-0.2, 0) is 0 Å². The van der Waals surface area contributed by atoms with E-state index in [1.54, 1.807) is 0 Å². The molecular weight excluding hydrogens is 176 g/mol. The molecule has 1 heterocycles. The molecule has 1 aliphatic rings. The Morgan fingerprint density at radius 2 is 2.14 bits per heavy atom. The molecule has 1 aromatic rings. The lowest BCUT2D eigenvalue weighted by molar-refractivity contribution is 0.340. The lowest BCUT2D eigenvalue weighted by Gasteiger charge is -2.16. The van der Waals surface area contributed by atoms with E-state index in [1.807, 2.05) is 19.1 Å². The summed E-state index contributed by atoms with van der Waals surface area (Å²) >= 11 is 0. The van der Waals surface area contributed by atoms with E-state index in [1.165, 1.54) is 5.69 Å². The molecule has 0 aromatic heterocycles. The van der Waals surface area contributed by atoms with Crippen LogP contribution in [-0.4, -0.2) is 26.4 Å². The number of ether oxygens (including phenoxy) is 1. The largest absolute Gasteiger partial charge is 0.494 e. The molecule has 0 aliphatic carbocycles. The molecule has 1 fully saturated rings. The van der Waals surface area contributed by atoms with Gasteiger partial charge < -0.3 is 9.64 Å². The molecule has 2 rings (SSSR count). The number of nitrogens with one attached hydrogen (secondary N) is 1. The first-order valence-electron chi connectivity index (χ1n) is 5.08. The summed E-state index contributed by atoms with van der Waals surface area (Å²) in [6.45, 7) is 5.85. The van der Waals surface area contributed by atoms with Crippen LogP contribution >= 0.6 is 0 Å². The van der Waals surface area contributed by atoms with Crippen molar-refractivity contribution in [3.05, 3.63) is 24.3 Å². The van der Waals surface area contributed by atoms with Gasteiger partial charge in [0.25, 0.3) is 0 Å². The first kappa shape index (κ1) is 9.34. The van der Waals surface area contributed by atoms with Crippen LogP contribution in [0.3, 0.4) is 0 Å². The van der Waals surface area contributed by atoms with Crippen molar-refractivity contribution in [3.63, 3.8) is 0 Å². The molecule has 3 nitrogen and oxygen atoms in total. The van der Waals surface area contributed by atoms with E-state index in [-0.39, 0.29) is 0 Å². The van der Waals surface area contributed by atoms with Gasteiger partial charge in [0.2, 0.25) is 0 Å². The van der Waals surface area contributed by atoms with Crippen LogP contribution in [0.1, 0.15) is 6.92 Å². The minimum atomic E-state index is 0.727. The maximum absolute atomic E-state index is 5.39. The molecule has 0 radical (unpaired) electrons. The predicted octanol–water partition coefficient (Wildman–Crippen LogP) is 1.45. The van der Waals surface area contributed by atoms with Gasteiger partial charge in [-0.3, -0.25) is 5.32 Å². The summed E-state index contributed by atoms with van der Waals surface area (Å²) in [4.78, 5) is 2.32. The third-order valence-electron chi connectivity index (χ3n) is 2.37. The standard InChI is InChI=1S/C11H16N2O/c1-2-14-11-5-3-10(4-6-11)13-8-7-12-9-13/h3-6,12H,2,7-9H2,1H3. The fourth-order valence-corrected chi connectivity index (χ4v) is 1.65. The number of hydrogen-bond acceptors (Lipinski definition) is 3. The van der Waals surface area contributed by atoms with E-state index in [0.29, 0.717) is 0 Å². The average Bonchev–Trinajstić information content (AvgIpc) is 2.72. The van der Waals surface area contributed by atoms with Crippen LogP contribution < -0.4 is 15.0 Å². The quantitative estimate of drug-likeness (QED) is 0.784.